The average molecular weight is 976 g/mol. The number of aliphatic hydroxyl groups excluding tert-OH is 8. The van der Waals surface area contributed by atoms with E-state index in [1.807, 2.05) is 0 Å². The lowest BCUT2D eigenvalue weighted by Gasteiger charge is -2.46. The highest BCUT2D eigenvalue weighted by Gasteiger charge is 2.51. The highest BCUT2D eigenvalue weighted by Crippen LogP contribution is 2.30. The maximum Gasteiger partial charge on any atom is 0.220 e. The fourth-order valence-electron chi connectivity index (χ4n) is 9.71. The zero-order valence-electron chi connectivity index (χ0n) is 43.1. The summed E-state index contributed by atoms with van der Waals surface area (Å²) in [5, 5.41) is 87.0. The molecule has 2 aliphatic rings. The summed E-state index contributed by atoms with van der Waals surface area (Å²) in [5.74, 6) is -0.202. The van der Waals surface area contributed by atoms with Crippen LogP contribution in [0.1, 0.15) is 245 Å². The van der Waals surface area contributed by atoms with E-state index in [0.717, 1.165) is 51.4 Å². The Balaban J connectivity index is 1.73. The van der Waals surface area contributed by atoms with Crippen LogP contribution in [0.25, 0.3) is 0 Å². The van der Waals surface area contributed by atoms with Crippen LogP contribution < -0.4 is 5.32 Å². The Bertz CT molecular complexity index is 1150. The molecular formula is C54H105NO13. The van der Waals surface area contributed by atoms with Gasteiger partial charge in [0.2, 0.25) is 5.91 Å². The molecule has 2 fully saturated rings. The second-order valence-corrected chi connectivity index (χ2v) is 20.4. The van der Waals surface area contributed by atoms with Crippen molar-refractivity contribution in [3.8, 4) is 0 Å². The third-order valence-electron chi connectivity index (χ3n) is 14.3. The maximum absolute atomic E-state index is 13.2. The highest BCUT2D eigenvalue weighted by atomic mass is 16.7. The smallest absolute Gasteiger partial charge is 0.220 e. The van der Waals surface area contributed by atoms with E-state index in [9.17, 15) is 45.6 Å². The van der Waals surface area contributed by atoms with Crippen molar-refractivity contribution in [3.05, 3.63) is 0 Å². The molecule has 12 unspecified atom stereocenters. The Kier molecular flexibility index (Phi) is 38.5. The van der Waals surface area contributed by atoms with Crippen LogP contribution in [0, 0.1) is 0 Å². The molecule has 0 aromatic rings. The van der Waals surface area contributed by atoms with Crippen LogP contribution in [0.5, 0.6) is 0 Å². The van der Waals surface area contributed by atoms with E-state index in [4.69, 9.17) is 18.9 Å². The molecule has 404 valence electrons. The lowest BCUT2D eigenvalue weighted by Crippen LogP contribution is -2.65. The number of unbranched alkanes of at least 4 members (excludes halogenated alkanes) is 32. The quantitative estimate of drug-likeness (QED) is 0.0261. The number of hydrogen-bond donors (Lipinski definition) is 9. The first-order valence-electron chi connectivity index (χ1n) is 28.3. The minimum atomic E-state index is -1.78. The Morgan fingerprint density at radius 2 is 0.838 bits per heavy atom. The number of aliphatic hydroxyl groups is 8. The predicted molar refractivity (Wildman–Crippen MR) is 268 cm³/mol. The molecular weight excluding hydrogens is 871 g/mol. The van der Waals surface area contributed by atoms with Crippen LogP contribution in [-0.2, 0) is 23.7 Å². The van der Waals surface area contributed by atoms with E-state index in [0.29, 0.717) is 12.8 Å². The monoisotopic (exact) mass is 976 g/mol. The molecule has 0 aliphatic carbocycles. The fraction of sp³-hybridized carbons (Fsp3) is 0.981. The molecule has 0 spiro atoms. The molecule has 0 saturated carbocycles. The van der Waals surface area contributed by atoms with Crippen molar-refractivity contribution in [2.75, 3.05) is 19.8 Å². The van der Waals surface area contributed by atoms with E-state index in [-0.39, 0.29) is 12.5 Å². The number of rotatable bonds is 45. The molecule has 14 nitrogen and oxygen atoms in total. The normalized spacial score (nSPS) is 26.3. The van der Waals surface area contributed by atoms with Crippen molar-refractivity contribution in [1.29, 1.82) is 0 Å². The minimum Gasteiger partial charge on any atom is -0.394 e. The molecule has 14 heteroatoms. The molecule has 1 amide bonds. The summed E-state index contributed by atoms with van der Waals surface area (Å²) in [6, 6.07) is -0.821. The standard InChI is InChI=1S/C54H105NO13/c1-3-5-7-9-11-13-15-17-18-19-20-21-22-23-24-25-26-28-30-32-34-36-38-46(59)55-42(43(58)37-35-33-31-29-27-16-14-12-10-8-6-4-2)41-65-53-51(64)49(62)52(45(40-57)67-53)68-54-50(63)48(61)47(60)44(39-56)66-54/h42-45,47-54,56-58,60-64H,3-41H2,1-2H3,(H,55,59). The van der Waals surface area contributed by atoms with Gasteiger partial charge in [-0.1, -0.05) is 226 Å². The van der Waals surface area contributed by atoms with Crippen molar-refractivity contribution < 1.29 is 64.6 Å². The lowest BCUT2D eigenvalue weighted by molar-refractivity contribution is -0.359. The van der Waals surface area contributed by atoms with E-state index >= 15 is 0 Å². The molecule has 9 N–H and O–H groups in total. The first kappa shape index (κ1) is 63.1. The van der Waals surface area contributed by atoms with Crippen LogP contribution in [-0.4, -0.2) is 140 Å². The molecule has 0 aromatic carbocycles. The molecule has 12 atom stereocenters. The first-order valence-corrected chi connectivity index (χ1v) is 28.3. The van der Waals surface area contributed by atoms with E-state index < -0.39 is 86.8 Å². The number of hydrogen-bond acceptors (Lipinski definition) is 13. The third-order valence-corrected chi connectivity index (χ3v) is 14.3. The van der Waals surface area contributed by atoms with Crippen LogP contribution in [0.2, 0.25) is 0 Å². The van der Waals surface area contributed by atoms with Gasteiger partial charge in [0.25, 0.3) is 0 Å². The topological polar surface area (TPSA) is 228 Å². The number of carbonyl (C=O) groups excluding carboxylic acids is 1. The second-order valence-electron chi connectivity index (χ2n) is 20.4. The molecule has 2 aliphatic heterocycles. The summed E-state index contributed by atoms with van der Waals surface area (Å²) >= 11 is 0. The van der Waals surface area contributed by atoms with Gasteiger partial charge in [-0.2, -0.15) is 0 Å². The van der Waals surface area contributed by atoms with Crippen molar-refractivity contribution in [1.82, 2.24) is 5.32 Å². The first-order chi connectivity index (χ1) is 33.1. The zero-order valence-corrected chi connectivity index (χ0v) is 43.1. The van der Waals surface area contributed by atoms with Crippen LogP contribution in [0.3, 0.4) is 0 Å². The molecule has 0 bridgehead atoms. The molecule has 68 heavy (non-hydrogen) atoms. The van der Waals surface area contributed by atoms with Gasteiger partial charge in [-0.25, -0.2) is 0 Å². The van der Waals surface area contributed by atoms with Gasteiger partial charge < -0.3 is 65.1 Å². The number of ether oxygens (including phenoxy) is 4. The second kappa shape index (κ2) is 41.5. The van der Waals surface area contributed by atoms with Crippen molar-refractivity contribution in [3.63, 3.8) is 0 Å². The number of nitrogens with one attached hydrogen (secondary N) is 1. The van der Waals surface area contributed by atoms with E-state index in [2.05, 4.69) is 19.2 Å². The third kappa shape index (κ3) is 27.7. The number of carbonyl (C=O) groups is 1. The molecule has 0 aromatic heterocycles. The van der Waals surface area contributed by atoms with Gasteiger partial charge in [-0.3, -0.25) is 4.79 Å². The van der Waals surface area contributed by atoms with Crippen LogP contribution >= 0.6 is 0 Å². The van der Waals surface area contributed by atoms with Crippen molar-refractivity contribution in [2.24, 2.45) is 0 Å². The van der Waals surface area contributed by atoms with Gasteiger partial charge >= 0.3 is 0 Å². The predicted octanol–water partition coefficient (Wildman–Crippen LogP) is 8.56. The highest BCUT2D eigenvalue weighted by molar-refractivity contribution is 5.76. The van der Waals surface area contributed by atoms with Crippen LogP contribution in [0.15, 0.2) is 0 Å². The average Bonchev–Trinajstić information content (AvgIpc) is 3.34. The molecule has 0 radical (unpaired) electrons. The van der Waals surface area contributed by atoms with Gasteiger partial charge in [0, 0.05) is 6.42 Å². The Morgan fingerprint density at radius 1 is 0.471 bits per heavy atom. The van der Waals surface area contributed by atoms with Gasteiger partial charge in [-0.15, -0.1) is 0 Å². The summed E-state index contributed by atoms with van der Waals surface area (Å²) in [4.78, 5) is 13.2. The SMILES string of the molecule is CCCCCCCCCCCCCCCCCCCCCCCCC(=O)NC(COC1OC(CO)C(OC2OC(CO)C(O)C(O)C2O)C(O)C1O)C(O)CCCCCCCCCCCCCC. The van der Waals surface area contributed by atoms with Gasteiger partial charge in [0.1, 0.15) is 48.8 Å². The molecule has 2 rings (SSSR count). The summed E-state index contributed by atoms with van der Waals surface area (Å²) in [6.07, 6.45) is 26.8. The number of amides is 1. The maximum atomic E-state index is 13.2. The van der Waals surface area contributed by atoms with Crippen molar-refractivity contribution >= 4 is 5.91 Å². The Labute approximate surface area is 413 Å². The van der Waals surface area contributed by atoms with Crippen molar-refractivity contribution in [2.45, 2.75) is 319 Å². The van der Waals surface area contributed by atoms with Crippen LogP contribution in [0.4, 0.5) is 0 Å². The van der Waals surface area contributed by atoms with Gasteiger partial charge in [-0.05, 0) is 12.8 Å². The largest absolute Gasteiger partial charge is 0.394 e. The Morgan fingerprint density at radius 3 is 1.25 bits per heavy atom. The summed E-state index contributed by atoms with van der Waals surface area (Å²) in [7, 11) is 0. The summed E-state index contributed by atoms with van der Waals surface area (Å²) in [6.45, 7) is 2.87. The summed E-state index contributed by atoms with van der Waals surface area (Å²) in [5.41, 5.74) is 0. The minimum absolute atomic E-state index is 0.202. The molecule has 2 heterocycles. The Hall–Kier alpha value is -1.01. The molecule has 2 saturated heterocycles. The fourth-order valence-corrected chi connectivity index (χ4v) is 9.71. The summed E-state index contributed by atoms with van der Waals surface area (Å²) < 4.78 is 22.8. The zero-order chi connectivity index (χ0) is 49.6. The van der Waals surface area contributed by atoms with E-state index in [1.54, 1.807) is 0 Å². The van der Waals surface area contributed by atoms with Gasteiger partial charge in [0.05, 0.1) is 32.0 Å². The lowest BCUT2D eigenvalue weighted by atomic mass is 9.97. The van der Waals surface area contributed by atoms with Gasteiger partial charge in [0.15, 0.2) is 12.6 Å². The van der Waals surface area contributed by atoms with E-state index in [1.165, 1.54) is 167 Å².